The van der Waals surface area contributed by atoms with Gasteiger partial charge in [-0.15, -0.1) is 0 Å². The van der Waals surface area contributed by atoms with E-state index in [0.717, 1.165) is 43.6 Å². The van der Waals surface area contributed by atoms with Crippen molar-refractivity contribution in [2.75, 3.05) is 19.6 Å². The van der Waals surface area contributed by atoms with E-state index < -0.39 is 0 Å². The number of fused-ring (bicyclic) bond motifs is 1. The van der Waals surface area contributed by atoms with Crippen molar-refractivity contribution >= 4 is 11.0 Å². The summed E-state index contributed by atoms with van der Waals surface area (Å²) in [5, 5.41) is 0. The number of aryl methyl sites for hydroxylation is 1. The predicted octanol–water partition coefficient (Wildman–Crippen LogP) is 4.27. The van der Waals surface area contributed by atoms with Gasteiger partial charge in [0, 0.05) is 20.1 Å². The molecule has 0 saturated carbocycles. The molecule has 0 amide bonds. The normalized spacial score (nSPS) is 10.9. The molecule has 0 fully saturated rings. The molecule has 0 bridgehead atoms. The van der Waals surface area contributed by atoms with Gasteiger partial charge < -0.3 is 4.90 Å². The first-order valence-corrected chi connectivity index (χ1v) is 9.55. The van der Waals surface area contributed by atoms with E-state index in [1.165, 1.54) is 19.3 Å². The molecule has 4 heteroatoms. The molecule has 0 spiro atoms. The molecule has 0 unspecified atom stereocenters. The zero-order valence-electron chi connectivity index (χ0n) is 16.2. The van der Waals surface area contributed by atoms with Crippen LogP contribution in [0.25, 0.3) is 11.0 Å². The number of rotatable bonds is 9. The highest BCUT2D eigenvalue weighted by molar-refractivity contribution is 5.75. The van der Waals surface area contributed by atoms with E-state index >= 15 is 0 Å². The number of hydrogen-bond donors (Lipinski definition) is 0. The van der Waals surface area contributed by atoms with Crippen molar-refractivity contribution in [3.8, 4) is 0 Å². The lowest BCUT2D eigenvalue weighted by Crippen LogP contribution is -2.32. The maximum atomic E-state index is 12.4. The Morgan fingerprint density at radius 3 is 2.21 bits per heavy atom. The van der Waals surface area contributed by atoms with Crippen LogP contribution in [0.3, 0.4) is 0 Å². The lowest BCUT2D eigenvalue weighted by Gasteiger charge is -2.21. The highest BCUT2D eigenvalue weighted by atomic mass is 16.1. The molecule has 0 N–H and O–H groups in total. The van der Waals surface area contributed by atoms with Crippen molar-refractivity contribution in [2.24, 2.45) is 7.05 Å². The second kappa shape index (κ2) is 11.1. The van der Waals surface area contributed by atoms with Gasteiger partial charge in [0.2, 0.25) is 0 Å². The third kappa shape index (κ3) is 5.23. The molecule has 24 heavy (non-hydrogen) atoms. The van der Waals surface area contributed by atoms with Crippen LogP contribution in [0, 0.1) is 0 Å². The van der Waals surface area contributed by atoms with Crippen molar-refractivity contribution < 1.29 is 0 Å². The monoisotopic (exact) mass is 333 g/mol. The van der Waals surface area contributed by atoms with Crippen LogP contribution >= 0.6 is 0 Å². The average Bonchev–Trinajstić information content (AvgIpc) is 2.86. The van der Waals surface area contributed by atoms with Gasteiger partial charge in [-0.25, -0.2) is 4.79 Å². The van der Waals surface area contributed by atoms with Crippen molar-refractivity contribution in [3.63, 3.8) is 0 Å². The number of para-hydroxylation sites is 2. The van der Waals surface area contributed by atoms with Gasteiger partial charge in [-0.1, -0.05) is 52.7 Å². The van der Waals surface area contributed by atoms with E-state index in [1.54, 1.807) is 4.57 Å². The fraction of sp³-hybridized carbons (Fsp3) is 0.650. The van der Waals surface area contributed by atoms with Gasteiger partial charge in [0.1, 0.15) is 0 Å². The minimum absolute atomic E-state index is 0.0891. The molecule has 2 rings (SSSR count). The molecule has 136 valence electrons. The summed E-state index contributed by atoms with van der Waals surface area (Å²) in [4.78, 5) is 14.9. The summed E-state index contributed by atoms with van der Waals surface area (Å²) in [5.41, 5.74) is 2.15. The van der Waals surface area contributed by atoms with E-state index in [1.807, 2.05) is 49.7 Å². The minimum atomic E-state index is 0.0891. The second-order valence-electron chi connectivity index (χ2n) is 6.03. The number of benzene rings is 1. The maximum Gasteiger partial charge on any atom is 0.328 e. The molecular formula is C20H35N3O. The molecule has 0 saturated heterocycles. The molecule has 1 aromatic heterocycles. The van der Waals surface area contributed by atoms with E-state index in [4.69, 9.17) is 0 Å². The zero-order chi connectivity index (χ0) is 17.9. The van der Waals surface area contributed by atoms with E-state index in [0.29, 0.717) is 0 Å². The summed E-state index contributed by atoms with van der Waals surface area (Å²) in [6.45, 7) is 12.4. The van der Waals surface area contributed by atoms with Crippen LogP contribution in [0.4, 0.5) is 0 Å². The summed E-state index contributed by atoms with van der Waals surface area (Å²) < 4.78 is 3.66. The van der Waals surface area contributed by atoms with Crippen LogP contribution in [0.1, 0.15) is 53.4 Å². The summed E-state index contributed by atoms with van der Waals surface area (Å²) in [5.74, 6) is 0. The highest BCUT2D eigenvalue weighted by Gasteiger charge is 2.11. The van der Waals surface area contributed by atoms with Gasteiger partial charge in [0.05, 0.1) is 11.0 Å². The van der Waals surface area contributed by atoms with Crippen LogP contribution < -0.4 is 5.69 Å². The lowest BCUT2D eigenvalue weighted by molar-refractivity contribution is 0.257. The highest BCUT2D eigenvalue weighted by Crippen LogP contribution is 2.11. The van der Waals surface area contributed by atoms with Gasteiger partial charge >= 0.3 is 5.69 Å². The summed E-state index contributed by atoms with van der Waals surface area (Å²) >= 11 is 0. The molecule has 1 heterocycles. The Labute approximate surface area is 147 Å². The molecule has 0 aliphatic heterocycles. The lowest BCUT2D eigenvalue weighted by atomic mass is 10.2. The Morgan fingerprint density at radius 2 is 1.58 bits per heavy atom. The number of nitrogens with zero attached hydrogens (tertiary/aromatic N) is 3. The SMILES string of the molecule is CC.CCCCCN(CCC)CCn1c(=O)n(C)c2ccccc21. The second-order valence-corrected chi connectivity index (χ2v) is 6.03. The number of unbranched alkanes of at least 4 members (excludes halogenated alkanes) is 2. The van der Waals surface area contributed by atoms with Crippen LogP contribution in [0.5, 0.6) is 0 Å². The van der Waals surface area contributed by atoms with Gasteiger partial charge in [0.25, 0.3) is 0 Å². The van der Waals surface area contributed by atoms with Crippen molar-refractivity contribution in [1.29, 1.82) is 0 Å². The quantitative estimate of drug-likeness (QED) is 0.642. The van der Waals surface area contributed by atoms with Gasteiger partial charge in [-0.05, 0) is 38.1 Å². The number of imidazole rings is 1. The molecule has 0 aliphatic rings. The average molecular weight is 334 g/mol. The Balaban J connectivity index is 0.00000139. The third-order valence-electron chi connectivity index (χ3n) is 4.31. The molecular weight excluding hydrogens is 298 g/mol. The predicted molar refractivity (Wildman–Crippen MR) is 105 cm³/mol. The van der Waals surface area contributed by atoms with Gasteiger partial charge in [0.15, 0.2) is 0 Å². The fourth-order valence-electron chi connectivity index (χ4n) is 3.06. The Kier molecular flexibility index (Phi) is 9.46. The van der Waals surface area contributed by atoms with Gasteiger partial charge in [-0.2, -0.15) is 0 Å². The fourth-order valence-corrected chi connectivity index (χ4v) is 3.06. The van der Waals surface area contributed by atoms with Crippen molar-refractivity contribution in [2.45, 2.75) is 59.9 Å². The van der Waals surface area contributed by atoms with Crippen molar-refractivity contribution in [3.05, 3.63) is 34.7 Å². The van der Waals surface area contributed by atoms with Crippen LogP contribution in [-0.2, 0) is 13.6 Å². The molecule has 0 aliphatic carbocycles. The number of hydrogen-bond acceptors (Lipinski definition) is 2. The minimum Gasteiger partial charge on any atom is -0.302 e. The summed E-state index contributed by atoms with van der Waals surface area (Å²) in [6, 6.07) is 8.04. The molecule has 4 nitrogen and oxygen atoms in total. The van der Waals surface area contributed by atoms with E-state index in [2.05, 4.69) is 18.7 Å². The Bertz CT molecular complexity index is 642. The van der Waals surface area contributed by atoms with Crippen LogP contribution in [0.15, 0.2) is 29.1 Å². The van der Waals surface area contributed by atoms with E-state index in [-0.39, 0.29) is 5.69 Å². The zero-order valence-corrected chi connectivity index (χ0v) is 16.2. The first kappa shape index (κ1) is 20.5. The van der Waals surface area contributed by atoms with Gasteiger partial charge in [-0.3, -0.25) is 9.13 Å². The summed E-state index contributed by atoms with van der Waals surface area (Å²) in [7, 11) is 1.85. The van der Waals surface area contributed by atoms with Crippen LogP contribution in [-0.4, -0.2) is 33.7 Å². The Morgan fingerprint density at radius 1 is 0.917 bits per heavy atom. The topological polar surface area (TPSA) is 30.2 Å². The largest absolute Gasteiger partial charge is 0.328 e. The Hall–Kier alpha value is -1.55. The van der Waals surface area contributed by atoms with Crippen molar-refractivity contribution in [1.82, 2.24) is 14.0 Å². The third-order valence-corrected chi connectivity index (χ3v) is 4.31. The molecule has 0 radical (unpaired) electrons. The first-order chi connectivity index (χ1) is 11.7. The first-order valence-electron chi connectivity index (χ1n) is 9.55. The van der Waals surface area contributed by atoms with Crippen LogP contribution in [0.2, 0.25) is 0 Å². The molecule has 0 atom stereocenters. The smallest absolute Gasteiger partial charge is 0.302 e. The maximum absolute atomic E-state index is 12.4. The standard InChI is InChI=1S/C18H29N3O.C2H6/c1-4-6-9-13-20(12-5-2)14-15-21-17-11-8-7-10-16(17)19(3)18(21)22;1-2/h7-8,10-11H,4-6,9,12-15H2,1-3H3;1-2H3. The number of aromatic nitrogens is 2. The molecule has 2 aromatic rings. The van der Waals surface area contributed by atoms with E-state index in [9.17, 15) is 4.79 Å². The summed E-state index contributed by atoms with van der Waals surface area (Å²) in [6.07, 6.45) is 4.95. The molecule has 1 aromatic carbocycles.